The molecule has 0 aliphatic carbocycles. The third kappa shape index (κ3) is 7.08. The number of aliphatic hydroxyl groups excluding tert-OH is 1. The van der Waals surface area contributed by atoms with Gasteiger partial charge in [0.2, 0.25) is 15.9 Å². The van der Waals surface area contributed by atoms with Crippen LogP contribution >= 0.6 is 0 Å². The summed E-state index contributed by atoms with van der Waals surface area (Å²) in [5.41, 5.74) is 1.13. The van der Waals surface area contributed by atoms with Crippen molar-refractivity contribution in [3.8, 4) is 17.6 Å². The summed E-state index contributed by atoms with van der Waals surface area (Å²) >= 11 is 0. The zero-order valence-electron chi connectivity index (χ0n) is 21.8. The van der Waals surface area contributed by atoms with Gasteiger partial charge in [-0.05, 0) is 63.5 Å². The Labute approximate surface area is 218 Å². The molecule has 1 N–H and O–H groups in total. The zero-order chi connectivity index (χ0) is 27.3. The van der Waals surface area contributed by atoms with Gasteiger partial charge in [-0.15, -0.1) is 0 Å². The maximum Gasteiger partial charge on any atom is 0.247 e. The van der Waals surface area contributed by atoms with Crippen LogP contribution in [0.25, 0.3) is 0 Å². The van der Waals surface area contributed by atoms with E-state index in [4.69, 9.17) is 4.74 Å². The minimum Gasteiger partial charge on any atom is -0.487 e. The first-order chi connectivity index (χ1) is 17.4. The zero-order valence-corrected chi connectivity index (χ0v) is 22.6. The molecule has 0 unspecified atom stereocenters. The molecule has 0 aromatic heterocycles. The van der Waals surface area contributed by atoms with Gasteiger partial charge in [0.25, 0.3) is 0 Å². The number of likely N-dealkylation sites (N-methyl/N-ethyl adjacent to an activating group) is 2. The van der Waals surface area contributed by atoms with Gasteiger partial charge in [-0.1, -0.05) is 18.8 Å². The van der Waals surface area contributed by atoms with Gasteiger partial charge in [-0.2, -0.15) is 4.31 Å². The Morgan fingerprint density at radius 1 is 1.16 bits per heavy atom. The van der Waals surface area contributed by atoms with E-state index in [0.29, 0.717) is 11.1 Å². The van der Waals surface area contributed by atoms with Crippen molar-refractivity contribution < 1.29 is 27.4 Å². The highest BCUT2D eigenvalue weighted by Crippen LogP contribution is 2.34. The van der Waals surface area contributed by atoms with Crippen molar-refractivity contribution in [3.63, 3.8) is 0 Å². The standard InChI is InChI=1S/C27H34FN3O5S/c1-19-15-31(20(2)18-32)37(34,35)26-13-10-22(7-6-21-8-11-23(28)12-9-21)14-24(26)36-25(19)16-30(5)27(33)17-29(3)4/h8-14,19-20,25,32H,15-18H2,1-5H3/t19-,20+,25+/m1/s1. The van der Waals surface area contributed by atoms with Gasteiger partial charge in [-0.3, -0.25) is 4.79 Å². The van der Waals surface area contributed by atoms with Gasteiger partial charge in [0.05, 0.1) is 19.7 Å². The summed E-state index contributed by atoms with van der Waals surface area (Å²) in [5.74, 6) is 5.31. The first-order valence-electron chi connectivity index (χ1n) is 12.0. The Morgan fingerprint density at radius 2 is 1.78 bits per heavy atom. The molecule has 1 heterocycles. The number of benzene rings is 2. The second-order valence-electron chi connectivity index (χ2n) is 9.67. The van der Waals surface area contributed by atoms with E-state index in [1.165, 1.54) is 22.5 Å². The van der Waals surface area contributed by atoms with E-state index in [2.05, 4.69) is 11.8 Å². The summed E-state index contributed by atoms with van der Waals surface area (Å²) in [7, 11) is 1.32. The summed E-state index contributed by atoms with van der Waals surface area (Å²) in [6.07, 6.45) is -0.515. The van der Waals surface area contributed by atoms with Crippen LogP contribution in [0.4, 0.5) is 4.39 Å². The Bertz CT molecular complexity index is 1270. The molecule has 0 spiro atoms. The SMILES string of the molecule is C[C@@H]1CN([C@@H](C)CO)S(=O)(=O)c2ccc(C#Cc3ccc(F)cc3)cc2O[C@H]1CN(C)C(=O)CN(C)C. The van der Waals surface area contributed by atoms with Gasteiger partial charge in [0.1, 0.15) is 22.6 Å². The van der Waals surface area contributed by atoms with Crippen LogP contribution in [0.5, 0.6) is 5.75 Å². The lowest BCUT2D eigenvalue weighted by atomic mass is 10.0. The molecule has 0 radical (unpaired) electrons. The van der Waals surface area contributed by atoms with Gasteiger partial charge in [0.15, 0.2) is 0 Å². The number of sulfonamides is 1. The molecule has 1 aliphatic heterocycles. The molecule has 200 valence electrons. The molecule has 0 fully saturated rings. The van der Waals surface area contributed by atoms with Crippen molar-refractivity contribution in [2.24, 2.45) is 5.92 Å². The molecule has 0 saturated carbocycles. The lowest BCUT2D eigenvalue weighted by Crippen LogP contribution is -2.50. The second kappa shape index (κ2) is 12.0. The van der Waals surface area contributed by atoms with Crippen molar-refractivity contribution in [2.45, 2.75) is 30.9 Å². The molecule has 2 aromatic rings. The predicted molar refractivity (Wildman–Crippen MR) is 139 cm³/mol. The molecule has 2 aromatic carbocycles. The fourth-order valence-corrected chi connectivity index (χ4v) is 5.79. The molecule has 10 heteroatoms. The van der Waals surface area contributed by atoms with Crippen LogP contribution in [0.1, 0.15) is 25.0 Å². The molecule has 8 nitrogen and oxygen atoms in total. The Balaban J connectivity index is 2.03. The fraction of sp³-hybridized carbons (Fsp3) is 0.444. The van der Waals surface area contributed by atoms with E-state index in [1.54, 1.807) is 48.0 Å². The number of nitrogens with zero attached hydrogens (tertiary/aromatic N) is 3. The van der Waals surface area contributed by atoms with E-state index < -0.39 is 22.2 Å². The summed E-state index contributed by atoms with van der Waals surface area (Å²) in [6.45, 7) is 3.78. The highest BCUT2D eigenvalue weighted by atomic mass is 32.2. The lowest BCUT2D eigenvalue weighted by Gasteiger charge is -2.37. The van der Waals surface area contributed by atoms with Crippen LogP contribution in [-0.4, -0.2) is 93.1 Å². The first-order valence-corrected chi connectivity index (χ1v) is 13.5. The highest BCUT2D eigenvalue weighted by Gasteiger charge is 2.38. The van der Waals surface area contributed by atoms with Crippen LogP contribution < -0.4 is 4.74 Å². The lowest BCUT2D eigenvalue weighted by molar-refractivity contribution is -0.132. The average Bonchev–Trinajstić information content (AvgIpc) is 2.84. The minimum atomic E-state index is -3.99. The third-order valence-corrected chi connectivity index (χ3v) is 8.21. The summed E-state index contributed by atoms with van der Waals surface area (Å²) in [5, 5.41) is 9.79. The van der Waals surface area contributed by atoms with Crippen LogP contribution in [0, 0.1) is 23.6 Å². The average molecular weight is 532 g/mol. The molecule has 0 saturated heterocycles. The van der Waals surface area contributed by atoms with Gasteiger partial charge < -0.3 is 19.6 Å². The largest absolute Gasteiger partial charge is 0.487 e. The van der Waals surface area contributed by atoms with Gasteiger partial charge >= 0.3 is 0 Å². The molecular formula is C27H34FN3O5S. The van der Waals surface area contributed by atoms with E-state index in [-0.39, 0.29) is 54.5 Å². The second-order valence-corrected chi connectivity index (χ2v) is 11.5. The maximum absolute atomic E-state index is 13.6. The molecule has 1 amide bonds. The molecular weight excluding hydrogens is 497 g/mol. The van der Waals surface area contributed by atoms with Crippen LogP contribution in [0.3, 0.4) is 0 Å². The summed E-state index contributed by atoms with van der Waals surface area (Å²) in [4.78, 5) is 15.9. The van der Waals surface area contributed by atoms with Gasteiger partial charge in [-0.25, -0.2) is 12.8 Å². The maximum atomic E-state index is 13.6. The smallest absolute Gasteiger partial charge is 0.247 e. The predicted octanol–water partition coefficient (Wildman–Crippen LogP) is 2.01. The minimum absolute atomic E-state index is 0.0284. The van der Waals surface area contributed by atoms with E-state index in [1.807, 2.05) is 21.0 Å². The van der Waals surface area contributed by atoms with Gasteiger partial charge in [0, 0.05) is 36.7 Å². The quantitative estimate of drug-likeness (QED) is 0.574. The van der Waals surface area contributed by atoms with Crippen molar-refractivity contribution in [2.75, 3.05) is 47.4 Å². The number of ether oxygens (including phenoxy) is 1. The van der Waals surface area contributed by atoms with Crippen molar-refractivity contribution >= 4 is 15.9 Å². The van der Waals surface area contributed by atoms with Crippen LogP contribution in [0.2, 0.25) is 0 Å². The summed E-state index contributed by atoms with van der Waals surface area (Å²) < 4.78 is 48.0. The number of hydrogen-bond donors (Lipinski definition) is 1. The fourth-order valence-electron chi connectivity index (χ4n) is 3.96. The number of aliphatic hydroxyl groups is 1. The number of rotatable bonds is 6. The number of carbonyl (C=O) groups excluding carboxylic acids is 1. The van der Waals surface area contributed by atoms with E-state index >= 15 is 0 Å². The Morgan fingerprint density at radius 3 is 2.41 bits per heavy atom. The topological polar surface area (TPSA) is 90.4 Å². The monoisotopic (exact) mass is 531 g/mol. The highest BCUT2D eigenvalue weighted by molar-refractivity contribution is 7.89. The van der Waals surface area contributed by atoms with Crippen LogP contribution in [-0.2, 0) is 14.8 Å². The molecule has 37 heavy (non-hydrogen) atoms. The van der Waals surface area contributed by atoms with Crippen LogP contribution in [0.15, 0.2) is 47.4 Å². The molecule has 0 bridgehead atoms. The molecule has 1 aliphatic rings. The molecule has 3 atom stereocenters. The van der Waals surface area contributed by atoms with E-state index in [9.17, 15) is 22.7 Å². The molecule has 3 rings (SSSR count). The van der Waals surface area contributed by atoms with Crippen molar-refractivity contribution in [1.82, 2.24) is 14.1 Å². The number of carbonyl (C=O) groups is 1. The summed E-state index contributed by atoms with van der Waals surface area (Å²) in [6, 6.07) is 9.71. The number of amides is 1. The first kappa shape index (κ1) is 28.6. The number of halogens is 1. The number of fused-ring (bicyclic) bond motifs is 1. The van der Waals surface area contributed by atoms with Crippen molar-refractivity contribution in [1.29, 1.82) is 0 Å². The Hall–Kier alpha value is -2.97. The van der Waals surface area contributed by atoms with E-state index in [0.717, 1.165) is 0 Å². The third-order valence-electron chi connectivity index (χ3n) is 6.19. The van der Waals surface area contributed by atoms with Crippen molar-refractivity contribution in [3.05, 3.63) is 59.4 Å². The normalized spacial score (nSPS) is 20.0. The number of hydrogen-bond acceptors (Lipinski definition) is 6. The Kier molecular flexibility index (Phi) is 9.31.